The number of benzene rings is 1. The molecule has 0 amide bonds. The summed E-state index contributed by atoms with van der Waals surface area (Å²) in [5, 5.41) is 10.4. The number of aryl methyl sites for hydroxylation is 4. The number of rotatable bonds is 2. The molecule has 1 aromatic carbocycles. The number of aromatic nitrogens is 1. The predicted molar refractivity (Wildman–Crippen MR) is 73.7 cm³/mol. The minimum atomic E-state index is -0.650. The highest BCUT2D eigenvalue weighted by Gasteiger charge is 2.13. The van der Waals surface area contributed by atoms with Crippen molar-refractivity contribution in [3.05, 3.63) is 64.0 Å². The van der Waals surface area contributed by atoms with Crippen LogP contribution in [0, 0.1) is 27.7 Å². The molecule has 2 aromatic rings. The fourth-order valence-corrected chi connectivity index (χ4v) is 2.12. The average Bonchev–Trinajstić information content (AvgIpc) is 2.30. The summed E-state index contributed by atoms with van der Waals surface area (Å²) >= 11 is 0. The third-order valence-corrected chi connectivity index (χ3v) is 3.24. The van der Waals surface area contributed by atoms with Crippen LogP contribution in [0.3, 0.4) is 0 Å². The quantitative estimate of drug-likeness (QED) is 0.874. The van der Waals surface area contributed by atoms with Crippen molar-refractivity contribution in [2.45, 2.75) is 33.8 Å². The van der Waals surface area contributed by atoms with E-state index in [0.29, 0.717) is 0 Å². The second-order valence-electron chi connectivity index (χ2n) is 4.96. The Morgan fingerprint density at radius 3 is 2.28 bits per heavy atom. The van der Waals surface area contributed by atoms with Crippen LogP contribution in [0.1, 0.15) is 39.7 Å². The standard InChI is InChI=1S/C16H19NO/c1-10-7-13(4)17-15(8-10)16(18)14-6-5-11(2)12(3)9-14/h5-9,16,18H,1-4H3. The molecule has 0 saturated heterocycles. The maximum atomic E-state index is 10.4. The first kappa shape index (κ1) is 12.8. The zero-order valence-corrected chi connectivity index (χ0v) is 11.4. The van der Waals surface area contributed by atoms with Gasteiger partial charge in [0.05, 0.1) is 5.69 Å². The lowest BCUT2D eigenvalue weighted by Gasteiger charge is -2.13. The maximum absolute atomic E-state index is 10.4. The minimum absolute atomic E-state index is 0.650. The van der Waals surface area contributed by atoms with E-state index in [2.05, 4.69) is 18.8 Å². The Morgan fingerprint density at radius 2 is 1.67 bits per heavy atom. The monoisotopic (exact) mass is 241 g/mol. The molecular formula is C16H19NO. The first-order chi connectivity index (χ1) is 8.47. The molecule has 1 unspecified atom stereocenters. The van der Waals surface area contributed by atoms with Crippen molar-refractivity contribution >= 4 is 0 Å². The summed E-state index contributed by atoms with van der Waals surface area (Å²) in [7, 11) is 0. The Bertz CT molecular complexity index is 555. The second kappa shape index (κ2) is 4.91. The Hall–Kier alpha value is -1.67. The third-order valence-electron chi connectivity index (χ3n) is 3.24. The van der Waals surface area contributed by atoms with Gasteiger partial charge >= 0.3 is 0 Å². The second-order valence-corrected chi connectivity index (χ2v) is 4.96. The predicted octanol–water partition coefficient (Wildman–Crippen LogP) is 3.40. The van der Waals surface area contributed by atoms with Crippen LogP contribution >= 0.6 is 0 Å². The van der Waals surface area contributed by atoms with Gasteiger partial charge in [0, 0.05) is 5.69 Å². The van der Waals surface area contributed by atoms with E-state index >= 15 is 0 Å². The molecule has 0 aliphatic rings. The SMILES string of the molecule is Cc1cc(C)nc(C(O)c2ccc(C)c(C)c2)c1. The third kappa shape index (κ3) is 2.59. The Morgan fingerprint density at radius 1 is 0.944 bits per heavy atom. The van der Waals surface area contributed by atoms with Crippen LogP contribution in [-0.4, -0.2) is 10.1 Å². The highest BCUT2D eigenvalue weighted by molar-refractivity contribution is 5.35. The first-order valence-corrected chi connectivity index (χ1v) is 6.18. The molecule has 2 rings (SSSR count). The summed E-state index contributed by atoms with van der Waals surface area (Å²) < 4.78 is 0. The summed E-state index contributed by atoms with van der Waals surface area (Å²) in [6, 6.07) is 9.98. The molecular weight excluding hydrogens is 222 g/mol. The Labute approximate surface area is 108 Å². The van der Waals surface area contributed by atoms with Crippen LogP contribution in [0.4, 0.5) is 0 Å². The van der Waals surface area contributed by atoms with Crippen molar-refractivity contribution in [1.29, 1.82) is 0 Å². The van der Waals surface area contributed by atoms with E-state index < -0.39 is 6.10 Å². The lowest BCUT2D eigenvalue weighted by atomic mass is 10.00. The van der Waals surface area contributed by atoms with Crippen LogP contribution < -0.4 is 0 Å². The van der Waals surface area contributed by atoms with Gasteiger partial charge in [-0.25, -0.2) is 0 Å². The van der Waals surface area contributed by atoms with E-state index in [-0.39, 0.29) is 0 Å². The molecule has 18 heavy (non-hydrogen) atoms. The van der Waals surface area contributed by atoms with Gasteiger partial charge in [-0.1, -0.05) is 18.2 Å². The number of aliphatic hydroxyl groups is 1. The van der Waals surface area contributed by atoms with Crippen LogP contribution in [-0.2, 0) is 0 Å². The van der Waals surface area contributed by atoms with E-state index in [0.717, 1.165) is 22.5 Å². The van der Waals surface area contributed by atoms with Gasteiger partial charge in [0.25, 0.3) is 0 Å². The molecule has 1 N–H and O–H groups in total. The van der Waals surface area contributed by atoms with Crippen molar-refractivity contribution in [2.75, 3.05) is 0 Å². The lowest BCUT2D eigenvalue weighted by molar-refractivity contribution is 0.215. The van der Waals surface area contributed by atoms with Gasteiger partial charge in [-0.2, -0.15) is 0 Å². The van der Waals surface area contributed by atoms with Gasteiger partial charge in [0.2, 0.25) is 0 Å². The summed E-state index contributed by atoms with van der Waals surface area (Å²) in [5.41, 5.74) is 6.11. The molecule has 1 aromatic heterocycles. The van der Waals surface area contributed by atoms with Gasteiger partial charge in [-0.15, -0.1) is 0 Å². The summed E-state index contributed by atoms with van der Waals surface area (Å²) in [6.07, 6.45) is -0.650. The highest BCUT2D eigenvalue weighted by atomic mass is 16.3. The van der Waals surface area contributed by atoms with Crippen molar-refractivity contribution in [3.63, 3.8) is 0 Å². The molecule has 0 bridgehead atoms. The van der Waals surface area contributed by atoms with Crippen LogP contribution in [0.15, 0.2) is 30.3 Å². The van der Waals surface area contributed by atoms with Crippen LogP contribution in [0.25, 0.3) is 0 Å². The molecule has 0 fully saturated rings. The zero-order valence-electron chi connectivity index (χ0n) is 11.4. The number of nitrogens with zero attached hydrogens (tertiary/aromatic N) is 1. The first-order valence-electron chi connectivity index (χ1n) is 6.18. The Balaban J connectivity index is 2.40. The van der Waals surface area contributed by atoms with Crippen molar-refractivity contribution in [2.24, 2.45) is 0 Å². The van der Waals surface area contributed by atoms with E-state index in [9.17, 15) is 5.11 Å². The minimum Gasteiger partial charge on any atom is -0.382 e. The van der Waals surface area contributed by atoms with E-state index in [1.807, 2.05) is 44.2 Å². The van der Waals surface area contributed by atoms with Gasteiger partial charge in [0.15, 0.2) is 0 Å². The van der Waals surface area contributed by atoms with E-state index in [1.54, 1.807) is 0 Å². The molecule has 0 spiro atoms. The average molecular weight is 241 g/mol. The molecule has 94 valence electrons. The molecule has 0 radical (unpaired) electrons. The van der Waals surface area contributed by atoms with Gasteiger partial charge in [0.1, 0.15) is 6.10 Å². The summed E-state index contributed by atoms with van der Waals surface area (Å²) in [4.78, 5) is 4.41. The van der Waals surface area contributed by atoms with Crippen LogP contribution in [0.2, 0.25) is 0 Å². The van der Waals surface area contributed by atoms with Crippen LogP contribution in [0.5, 0.6) is 0 Å². The maximum Gasteiger partial charge on any atom is 0.121 e. The molecule has 2 heteroatoms. The molecule has 0 aliphatic heterocycles. The molecule has 0 aliphatic carbocycles. The van der Waals surface area contributed by atoms with Crippen molar-refractivity contribution < 1.29 is 5.11 Å². The normalized spacial score (nSPS) is 12.5. The fourth-order valence-electron chi connectivity index (χ4n) is 2.12. The fraction of sp³-hybridized carbons (Fsp3) is 0.312. The lowest BCUT2D eigenvalue weighted by Crippen LogP contribution is -2.04. The largest absolute Gasteiger partial charge is 0.382 e. The molecule has 1 heterocycles. The Kier molecular flexibility index (Phi) is 3.48. The number of hydrogen-bond donors (Lipinski definition) is 1. The smallest absolute Gasteiger partial charge is 0.121 e. The summed E-state index contributed by atoms with van der Waals surface area (Å²) in [6.45, 7) is 8.09. The molecule has 0 saturated carbocycles. The van der Waals surface area contributed by atoms with Crippen molar-refractivity contribution in [1.82, 2.24) is 4.98 Å². The zero-order chi connectivity index (χ0) is 13.3. The van der Waals surface area contributed by atoms with E-state index in [4.69, 9.17) is 0 Å². The number of aliphatic hydroxyl groups excluding tert-OH is 1. The molecule has 1 atom stereocenters. The molecule has 2 nitrogen and oxygen atoms in total. The topological polar surface area (TPSA) is 33.1 Å². The van der Waals surface area contributed by atoms with Gasteiger partial charge < -0.3 is 5.11 Å². The van der Waals surface area contributed by atoms with Crippen molar-refractivity contribution in [3.8, 4) is 0 Å². The number of hydrogen-bond acceptors (Lipinski definition) is 2. The van der Waals surface area contributed by atoms with Gasteiger partial charge in [-0.05, 0) is 62.1 Å². The summed E-state index contributed by atoms with van der Waals surface area (Å²) in [5.74, 6) is 0. The highest BCUT2D eigenvalue weighted by Crippen LogP contribution is 2.23. The van der Waals surface area contributed by atoms with E-state index in [1.165, 1.54) is 11.1 Å². The number of pyridine rings is 1. The van der Waals surface area contributed by atoms with Gasteiger partial charge in [-0.3, -0.25) is 4.98 Å².